The fraction of sp³-hybridized carbons (Fsp3) is 0.292. The molecule has 0 N–H and O–H groups in total. The van der Waals surface area contributed by atoms with Gasteiger partial charge in [0.05, 0.1) is 37.7 Å². The number of methoxy groups -OCH3 is 1. The summed E-state index contributed by atoms with van der Waals surface area (Å²) in [5.41, 5.74) is 3.08. The van der Waals surface area contributed by atoms with Gasteiger partial charge in [-0.25, -0.2) is 9.67 Å². The number of carbonyl (C=O) groups is 1. The van der Waals surface area contributed by atoms with Crippen molar-refractivity contribution in [3.05, 3.63) is 75.7 Å². The molecule has 0 saturated carbocycles. The van der Waals surface area contributed by atoms with Crippen molar-refractivity contribution in [3.63, 3.8) is 0 Å². The van der Waals surface area contributed by atoms with Crippen molar-refractivity contribution in [2.45, 2.75) is 39.9 Å². The Morgan fingerprint density at radius 3 is 2.71 bits per heavy atom. The number of hydrogen-bond donors (Lipinski definition) is 0. The number of aromatic nitrogens is 3. The first kappa shape index (κ1) is 21.1. The zero-order chi connectivity index (χ0) is 22.0. The number of carbonyl (C=O) groups excluding carboxylic acids is 1. The number of nitrogens with zero attached hydrogens (tertiary/aromatic N) is 4. The van der Waals surface area contributed by atoms with Crippen molar-refractivity contribution >= 4 is 28.3 Å². The maximum Gasteiger partial charge on any atom is 0.256 e. The van der Waals surface area contributed by atoms with Crippen LogP contribution >= 0.6 is 11.3 Å². The number of rotatable bonds is 7. The van der Waals surface area contributed by atoms with Crippen LogP contribution in [0.25, 0.3) is 11.0 Å². The molecule has 7 heteroatoms. The summed E-state index contributed by atoms with van der Waals surface area (Å²) < 4.78 is 7.40. The monoisotopic (exact) mass is 434 g/mol. The molecule has 4 rings (SSSR count). The molecule has 0 unspecified atom stereocenters. The minimum atomic E-state index is -0.0523. The van der Waals surface area contributed by atoms with Gasteiger partial charge in [0.2, 0.25) is 0 Å². The van der Waals surface area contributed by atoms with Gasteiger partial charge in [0.15, 0.2) is 5.65 Å². The second-order valence-corrected chi connectivity index (χ2v) is 8.80. The topological polar surface area (TPSA) is 60.2 Å². The fourth-order valence-electron chi connectivity index (χ4n) is 3.66. The minimum Gasteiger partial charge on any atom is -0.496 e. The first-order chi connectivity index (χ1) is 15.0. The number of fused-ring (bicyclic) bond motifs is 1. The van der Waals surface area contributed by atoms with Crippen LogP contribution in [0.1, 0.15) is 46.4 Å². The molecule has 0 atom stereocenters. The third kappa shape index (κ3) is 4.32. The summed E-state index contributed by atoms with van der Waals surface area (Å²) in [6.07, 6.45) is 1.78. The summed E-state index contributed by atoms with van der Waals surface area (Å²) in [4.78, 5) is 21.4. The van der Waals surface area contributed by atoms with Crippen molar-refractivity contribution in [1.29, 1.82) is 0 Å². The molecule has 0 bridgehead atoms. The predicted octanol–water partition coefficient (Wildman–Crippen LogP) is 5.23. The molecule has 0 fully saturated rings. The van der Waals surface area contributed by atoms with E-state index in [9.17, 15) is 4.79 Å². The number of hydrogen-bond acceptors (Lipinski definition) is 5. The van der Waals surface area contributed by atoms with Crippen molar-refractivity contribution in [3.8, 4) is 5.75 Å². The zero-order valence-corrected chi connectivity index (χ0v) is 19.0. The van der Waals surface area contributed by atoms with E-state index < -0.39 is 0 Å². The number of aryl methyl sites for hydroxylation is 1. The van der Waals surface area contributed by atoms with E-state index >= 15 is 0 Å². The largest absolute Gasteiger partial charge is 0.496 e. The molecule has 1 amide bonds. The lowest BCUT2D eigenvalue weighted by molar-refractivity contribution is 0.0729. The number of para-hydroxylation sites is 1. The summed E-state index contributed by atoms with van der Waals surface area (Å²) in [7, 11) is 1.65. The molecule has 0 aliphatic heterocycles. The zero-order valence-electron chi connectivity index (χ0n) is 18.2. The number of amides is 1. The van der Waals surface area contributed by atoms with Crippen LogP contribution in [-0.2, 0) is 13.1 Å². The summed E-state index contributed by atoms with van der Waals surface area (Å²) in [5, 5.41) is 7.35. The highest BCUT2D eigenvalue weighted by Gasteiger charge is 2.22. The number of thiophene rings is 1. The van der Waals surface area contributed by atoms with E-state index in [1.165, 1.54) is 0 Å². The molecule has 6 nitrogen and oxygen atoms in total. The van der Waals surface area contributed by atoms with Crippen molar-refractivity contribution in [2.24, 2.45) is 0 Å². The van der Waals surface area contributed by atoms with Crippen LogP contribution in [0.2, 0.25) is 0 Å². The predicted molar refractivity (Wildman–Crippen MR) is 124 cm³/mol. The van der Waals surface area contributed by atoms with Crippen LogP contribution in [0.15, 0.2) is 54.0 Å². The second-order valence-electron chi connectivity index (χ2n) is 7.77. The maximum atomic E-state index is 13.7. The summed E-state index contributed by atoms with van der Waals surface area (Å²) in [6.45, 7) is 6.99. The second kappa shape index (κ2) is 8.89. The van der Waals surface area contributed by atoms with Crippen LogP contribution < -0.4 is 4.74 Å². The number of ether oxygens (including phenoxy) is 1. The van der Waals surface area contributed by atoms with E-state index in [2.05, 4.69) is 18.9 Å². The van der Waals surface area contributed by atoms with E-state index in [1.54, 1.807) is 24.6 Å². The van der Waals surface area contributed by atoms with Crippen LogP contribution in [0.4, 0.5) is 0 Å². The fourth-order valence-corrected chi connectivity index (χ4v) is 4.38. The molecule has 3 aromatic heterocycles. The Balaban J connectivity index is 1.72. The van der Waals surface area contributed by atoms with Gasteiger partial charge in [0, 0.05) is 21.9 Å². The van der Waals surface area contributed by atoms with Crippen LogP contribution in [0, 0.1) is 6.92 Å². The van der Waals surface area contributed by atoms with Gasteiger partial charge in [0.25, 0.3) is 5.91 Å². The molecule has 0 spiro atoms. The van der Waals surface area contributed by atoms with Crippen LogP contribution in [0.5, 0.6) is 5.75 Å². The molecule has 0 saturated heterocycles. The molecule has 31 heavy (non-hydrogen) atoms. The van der Waals surface area contributed by atoms with Gasteiger partial charge in [-0.05, 0) is 44.4 Å². The molecule has 3 heterocycles. The van der Waals surface area contributed by atoms with Crippen molar-refractivity contribution in [1.82, 2.24) is 19.7 Å². The number of benzene rings is 1. The van der Waals surface area contributed by atoms with Gasteiger partial charge in [-0.1, -0.05) is 24.3 Å². The molecule has 0 radical (unpaired) electrons. The van der Waals surface area contributed by atoms with E-state index in [-0.39, 0.29) is 11.9 Å². The molecule has 0 aliphatic rings. The van der Waals surface area contributed by atoms with E-state index in [0.29, 0.717) is 24.3 Å². The number of pyridine rings is 1. The smallest absolute Gasteiger partial charge is 0.256 e. The third-order valence-corrected chi connectivity index (χ3v) is 6.11. The van der Waals surface area contributed by atoms with E-state index in [4.69, 9.17) is 9.72 Å². The Kier molecular flexibility index (Phi) is 6.04. The standard InChI is InChI=1S/C24H26N4O2S/c1-16(2)28-23-19(13-25-28)12-21(17(3)26-23)24(29)27(15-20-9-7-11-31-20)14-18-8-5-6-10-22(18)30-4/h5-13,16H,14-15H2,1-4H3. The van der Waals surface area contributed by atoms with Gasteiger partial charge in [-0.15, -0.1) is 11.3 Å². The van der Waals surface area contributed by atoms with Crippen LogP contribution in [0.3, 0.4) is 0 Å². The summed E-state index contributed by atoms with van der Waals surface area (Å²) in [6, 6.07) is 14.0. The summed E-state index contributed by atoms with van der Waals surface area (Å²) in [5.74, 6) is 0.721. The molecule has 1 aromatic carbocycles. The van der Waals surface area contributed by atoms with Gasteiger partial charge in [-0.2, -0.15) is 5.10 Å². The lowest BCUT2D eigenvalue weighted by atomic mass is 10.1. The van der Waals surface area contributed by atoms with E-state index in [1.807, 2.05) is 64.4 Å². The average molecular weight is 435 g/mol. The Morgan fingerprint density at radius 2 is 2.00 bits per heavy atom. The highest BCUT2D eigenvalue weighted by atomic mass is 32.1. The minimum absolute atomic E-state index is 0.0523. The van der Waals surface area contributed by atoms with Crippen LogP contribution in [-0.4, -0.2) is 32.7 Å². The molecule has 0 aliphatic carbocycles. The van der Waals surface area contributed by atoms with Crippen molar-refractivity contribution < 1.29 is 9.53 Å². The first-order valence-corrected chi connectivity index (χ1v) is 11.1. The SMILES string of the molecule is COc1ccccc1CN(Cc1cccs1)C(=O)c1cc2cnn(C(C)C)c2nc1C. The molecule has 4 aromatic rings. The first-order valence-electron chi connectivity index (χ1n) is 10.3. The maximum absolute atomic E-state index is 13.7. The quantitative estimate of drug-likeness (QED) is 0.399. The Morgan fingerprint density at radius 1 is 1.19 bits per heavy atom. The average Bonchev–Trinajstić information content (AvgIpc) is 3.42. The van der Waals surface area contributed by atoms with Gasteiger partial charge in [0.1, 0.15) is 5.75 Å². The van der Waals surface area contributed by atoms with Crippen molar-refractivity contribution in [2.75, 3.05) is 7.11 Å². The molecular formula is C24H26N4O2S. The van der Waals surface area contributed by atoms with Gasteiger partial charge < -0.3 is 9.64 Å². The Bertz CT molecular complexity index is 1200. The highest BCUT2D eigenvalue weighted by Crippen LogP contribution is 2.25. The van der Waals surface area contributed by atoms with Gasteiger partial charge in [-0.3, -0.25) is 4.79 Å². The Hall–Kier alpha value is -3.19. The molecular weight excluding hydrogens is 408 g/mol. The normalized spacial score (nSPS) is 11.3. The Labute approximate surface area is 186 Å². The lowest BCUT2D eigenvalue weighted by Gasteiger charge is -2.24. The lowest BCUT2D eigenvalue weighted by Crippen LogP contribution is -2.30. The van der Waals surface area contributed by atoms with E-state index in [0.717, 1.165) is 27.2 Å². The summed E-state index contributed by atoms with van der Waals surface area (Å²) >= 11 is 1.64. The highest BCUT2D eigenvalue weighted by molar-refractivity contribution is 7.09. The third-order valence-electron chi connectivity index (χ3n) is 5.25. The molecule has 160 valence electrons. The van der Waals surface area contributed by atoms with Gasteiger partial charge >= 0.3 is 0 Å².